The molecule has 2 aliphatic heterocycles. The number of piperidine rings is 2. The van der Waals surface area contributed by atoms with Crippen LogP contribution in [0, 0.1) is 11.8 Å². The van der Waals surface area contributed by atoms with Crippen molar-refractivity contribution < 1.29 is 26.4 Å². The first-order valence-electron chi connectivity index (χ1n) is 20.0. The number of fused-ring (bicyclic) bond motifs is 4. The number of esters is 1. The predicted octanol–water partition coefficient (Wildman–Crippen LogP) is 9.16. The van der Waals surface area contributed by atoms with E-state index in [4.69, 9.17) is 4.74 Å². The monoisotopic (exact) mass is 882 g/mol. The molecule has 0 aromatic heterocycles. The third kappa shape index (κ3) is 9.34. The number of rotatable bonds is 7. The largest absolute Gasteiger partial charge is 0.463 e. The lowest BCUT2D eigenvalue weighted by atomic mass is 9.74. The molecule has 0 radical (unpaired) electrons. The molecule has 2 heterocycles. The predicted molar refractivity (Wildman–Crippen MR) is 238 cm³/mol. The zero-order valence-electron chi connectivity index (χ0n) is 33.3. The second kappa shape index (κ2) is 18.0. The lowest BCUT2D eigenvalue weighted by molar-refractivity contribution is -0.137. The number of carbonyl (C=O) groups excluding carboxylic acids is 1. The molecule has 4 aliphatic rings. The summed E-state index contributed by atoms with van der Waals surface area (Å²) in [5.74, 6) is 0.858. The van der Waals surface area contributed by atoms with Crippen LogP contribution in [0.25, 0.3) is 22.2 Å². The summed E-state index contributed by atoms with van der Waals surface area (Å²) in [7, 11) is -6.27. The highest BCUT2D eigenvalue weighted by Crippen LogP contribution is 2.47. The number of allylic oxidation sites excluding steroid dienone is 2. The third-order valence-electron chi connectivity index (χ3n) is 12.0. The molecule has 0 bridgehead atoms. The Morgan fingerprint density at radius 3 is 1.53 bits per heavy atom. The van der Waals surface area contributed by atoms with Gasteiger partial charge in [0.05, 0.1) is 19.1 Å². The topological polar surface area (TPSA) is 101 Å². The van der Waals surface area contributed by atoms with Crippen LogP contribution in [0.2, 0.25) is 0 Å². The summed E-state index contributed by atoms with van der Waals surface area (Å²) in [6.07, 6.45) is 13.7. The van der Waals surface area contributed by atoms with Crippen molar-refractivity contribution in [3.8, 4) is 0 Å². The molecule has 4 aromatic rings. The van der Waals surface area contributed by atoms with Gasteiger partial charge in [-0.25, -0.2) is 30.2 Å². The first kappa shape index (κ1) is 42.0. The minimum absolute atomic E-state index is 0.161. The van der Waals surface area contributed by atoms with Crippen molar-refractivity contribution in [1.29, 1.82) is 0 Å². The van der Waals surface area contributed by atoms with E-state index >= 15 is 0 Å². The quantitative estimate of drug-likeness (QED) is 0.136. The highest BCUT2D eigenvalue weighted by Gasteiger charge is 2.36. The van der Waals surface area contributed by atoms with E-state index in [1.807, 2.05) is 18.2 Å². The number of carbonyl (C=O) groups is 1. The maximum Gasteiger partial charge on any atom is 0.330 e. The average Bonchev–Trinajstić information content (AvgIpc) is 3.43. The molecular formula is C47H51BrN2O6S2. The van der Waals surface area contributed by atoms with Crippen LogP contribution in [0.4, 0.5) is 0 Å². The Balaban J connectivity index is 0.000000180. The Morgan fingerprint density at radius 1 is 0.638 bits per heavy atom. The number of nitrogens with zero attached hydrogens (tertiary/aromatic N) is 2. The SMILES string of the molecule is CCOC(=O)/C=C/C1=Cc2ccccc2C(C2CCN(S(C)(=O)=O)CC2)c2ccccc21.CS(=O)(=O)N1CCC(C2c3ccccc3C=C(Br)c3ccccc32)CC1. The van der Waals surface area contributed by atoms with Gasteiger partial charge in [0, 0.05) is 48.6 Å². The van der Waals surface area contributed by atoms with Crippen LogP contribution in [0.15, 0.2) is 109 Å². The summed E-state index contributed by atoms with van der Waals surface area (Å²) in [4.78, 5) is 12.0. The van der Waals surface area contributed by atoms with Gasteiger partial charge in [0.25, 0.3) is 0 Å². The van der Waals surface area contributed by atoms with Crippen LogP contribution >= 0.6 is 15.9 Å². The Morgan fingerprint density at radius 2 is 1.05 bits per heavy atom. The van der Waals surface area contributed by atoms with Crippen molar-refractivity contribution in [3.05, 3.63) is 154 Å². The van der Waals surface area contributed by atoms with E-state index in [-0.39, 0.29) is 17.8 Å². The average molecular weight is 884 g/mol. The normalized spacial score (nSPS) is 20.5. The van der Waals surface area contributed by atoms with Crippen LogP contribution in [-0.4, -0.2) is 76.7 Å². The lowest BCUT2D eigenvalue weighted by Gasteiger charge is -2.36. The number of sulfonamides is 2. The Bertz CT molecular complexity index is 2460. The van der Waals surface area contributed by atoms with Gasteiger partial charge >= 0.3 is 5.97 Å². The van der Waals surface area contributed by atoms with Gasteiger partial charge in [0.2, 0.25) is 20.0 Å². The molecule has 11 heteroatoms. The number of benzene rings is 4. The maximum absolute atomic E-state index is 12.0. The molecule has 2 unspecified atom stereocenters. The van der Waals surface area contributed by atoms with Crippen molar-refractivity contribution >= 4 is 64.2 Å². The molecule has 58 heavy (non-hydrogen) atoms. The fourth-order valence-electron chi connectivity index (χ4n) is 9.25. The summed E-state index contributed by atoms with van der Waals surface area (Å²) in [5, 5.41) is 0. The highest BCUT2D eigenvalue weighted by atomic mass is 79.9. The van der Waals surface area contributed by atoms with E-state index < -0.39 is 20.0 Å². The number of halogens is 1. The molecule has 0 amide bonds. The Hall–Kier alpha value is -4.13. The van der Waals surface area contributed by atoms with Crippen molar-refractivity contribution in [2.45, 2.75) is 44.4 Å². The zero-order chi connectivity index (χ0) is 41.0. The van der Waals surface area contributed by atoms with Crippen LogP contribution in [0.3, 0.4) is 0 Å². The molecule has 304 valence electrons. The smallest absolute Gasteiger partial charge is 0.330 e. The van der Waals surface area contributed by atoms with Gasteiger partial charge in [0.1, 0.15) is 0 Å². The van der Waals surface area contributed by atoms with Crippen molar-refractivity contribution in [2.75, 3.05) is 45.3 Å². The van der Waals surface area contributed by atoms with Crippen molar-refractivity contribution in [2.24, 2.45) is 11.8 Å². The minimum atomic E-state index is -3.17. The Kier molecular flexibility index (Phi) is 13.0. The van der Waals surface area contributed by atoms with Crippen LogP contribution in [0.1, 0.15) is 89.0 Å². The first-order valence-corrected chi connectivity index (χ1v) is 24.5. The van der Waals surface area contributed by atoms with Crippen LogP contribution in [0.5, 0.6) is 0 Å². The Labute approximate surface area is 352 Å². The van der Waals surface area contributed by atoms with Gasteiger partial charge in [0.15, 0.2) is 0 Å². The molecule has 8 rings (SSSR count). The molecular weight excluding hydrogens is 833 g/mol. The molecule has 0 saturated carbocycles. The van der Waals surface area contributed by atoms with Gasteiger partial charge < -0.3 is 4.74 Å². The van der Waals surface area contributed by atoms with Crippen molar-refractivity contribution in [1.82, 2.24) is 8.61 Å². The number of hydrogen-bond acceptors (Lipinski definition) is 6. The van der Waals surface area contributed by atoms with Gasteiger partial charge in [-0.3, -0.25) is 0 Å². The molecule has 2 fully saturated rings. The van der Waals surface area contributed by atoms with E-state index in [2.05, 4.69) is 113 Å². The van der Waals surface area contributed by atoms with Gasteiger partial charge in [-0.2, -0.15) is 0 Å². The molecule has 2 atom stereocenters. The molecule has 4 aromatic carbocycles. The summed E-state index contributed by atoms with van der Waals surface area (Å²) in [5.41, 5.74) is 10.8. The zero-order valence-corrected chi connectivity index (χ0v) is 36.5. The van der Waals surface area contributed by atoms with Gasteiger partial charge in [-0.1, -0.05) is 113 Å². The lowest BCUT2D eigenvalue weighted by Crippen LogP contribution is -2.39. The molecule has 0 spiro atoms. The summed E-state index contributed by atoms with van der Waals surface area (Å²) >= 11 is 3.77. The molecule has 2 aliphatic carbocycles. The molecule has 2 saturated heterocycles. The molecule has 0 N–H and O–H groups in total. The number of ether oxygens (including phenoxy) is 1. The van der Waals surface area contributed by atoms with E-state index in [1.165, 1.54) is 52.0 Å². The van der Waals surface area contributed by atoms with Crippen LogP contribution in [-0.2, 0) is 29.6 Å². The summed E-state index contributed by atoms with van der Waals surface area (Å²) in [6.45, 7) is 4.45. The molecule has 8 nitrogen and oxygen atoms in total. The van der Waals surface area contributed by atoms with Gasteiger partial charge in [-0.05, 0) is 113 Å². The summed E-state index contributed by atoms with van der Waals surface area (Å²) < 4.78 is 57.2. The number of hydrogen-bond donors (Lipinski definition) is 0. The summed E-state index contributed by atoms with van der Waals surface area (Å²) in [6, 6.07) is 33.9. The fourth-order valence-corrected chi connectivity index (χ4v) is 11.6. The highest BCUT2D eigenvalue weighted by molar-refractivity contribution is 9.15. The van der Waals surface area contributed by atoms with E-state index in [1.54, 1.807) is 15.5 Å². The second-order valence-electron chi connectivity index (χ2n) is 15.6. The fraction of sp³-hybridized carbons (Fsp3) is 0.340. The van der Waals surface area contributed by atoms with E-state index in [0.717, 1.165) is 46.9 Å². The maximum atomic E-state index is 12.0. The second-order valence-corrected chi connectivity index (χ2v) is 20.4. The van der Waals surface area contributed by atoms with Crippen molar-refractivity contribution in [3.63, 3.8) is 0 Å². The van der Waals surface area contributed by atoms with E-state index in [0.29, 0.717) is 44.6 Å². The van der Waals surface area contributed by atoms with E-state index in [9.17, 15) is 21.6 Å². The third-order valence-corrected chi connectivity index (χ3v) is 15.2. The first-order chi connectivity index (χ1) is 27.8. The van der Waals surface area contributed by atoms with Crippen LogP contribution < -0.4 is 0 Å². The van der Waals surface area contributed by atoms with Gasteiger partial charge in [-0.15, -0.1) is 0 Å². The standard InChI is InChI=1S/C26H29NO4S.C21H22BrNO2S/c1-3-31-25(28)13-12-21-18-20-8-4-5-10-23(20)26(24-11-7-6-9-22(21)24)19-14-16-27(17-15-19)32(2,29)30;1-26(24,25)23-12-10-15(11-13-23)21-17-7-3-2-6-16(17)14-20(22)18-8-4-5-9-19(18)21/h4-13,18-19,26H,3,14-17H2,1-2H3;2-9,14-15,21H,10-13H2,1H3/b13-12+;. The minimum Gasteiger partial charge on any atom is -0.463 e.